The van der Waals surface area contributed by atoms with E-state index in [0.29, 0.717) is 19.3 Å². The molecule has 6 nitrogen and oxygen atoms in total. The summed E-state index contributed by atoms with van der Waals surface area (Å²) in [5, 5.41) is 14.1. The normalized spacial score (nSPS) is 19.5. The number of benzene rings is 1. The first kappa shape index (κ1) is 18.8. The quantitative estimate of drug-likeness (QED) is 0.664. The Balaban J connectivity index is 1.87. The second kappa shape index (κ2) is 8.04. The molecule has 1 fully saturated rings. The van der Waals surface area contributed by atoms with Crippen LogP contribution in [0.5, 0.6) is 0 Å². The Bertz CT molecular complexity index is 681. The SMILES string of the molecule is O=C(O)CC[C@@]1(CCC(=O)NCc2cccc(F)c2F)CCC(=O)N1. The molecular weight excluding hydrogens is 334 g/mol. The van der Waals surface area contributed by atoms with Gasteiger partial charge in [0.05, 0.1) is 0 Å². The highest BCUT2D eigenvalue weighted by molar-refractivity contribution is 5.80. The number of carbonyl (C=O) groups excluding carboxylic acids is 2. The van der Waals surface area contributed by atoms with Crippen LogP contribution in [0.25, 0.3) is 0 Å². The van der Waals surface area contributed by atoms with Crippen molar-refractivity contribution in [1.29, 1.82) is 0 Å². The lowest BCUT2D eigenvalue weighted by Gasteiger charge is -2.28. The van der Waals surface area contributed by atoms with Crippen molar-refractivity contribution in [3.8, 4) is 0 Å². The van der Waals surface area contributed by atoms with E-state index >= 15 is 0 Å². The summed E-state index contributed by atoms with van der Waals surface area (Å²) in [6, 6.07) is 3.73. The minimum atomic E-state index is -0.996. The number of hydrogen-bond acceptors (Lipinski definition) is 3. The molecule has 0 unspecified atom stereocenters. The molecule has 136 valence electrons. The number of carboxylic acids is 1. The highest BCUT2D eigenvalue weighted by atomic mass is 19.2. The maximum atomic E-state index is 13.5. The molecule has 0 radical (unpaired) electrons. The van der Waals surface area contributed by atoms with Crippen LogP contribution in [0.4, 0.5) is 8.78 Å². The summed E-state index contributed by atoms with van der Waals surface area (Å²) in [5.74, 6) is -3.48. The fraction of sp³-hybridized carbons (Fsp3) is 0.471. The molecule has 1 aromatic rings. The molecule has 1 aromatic carbocycles. The zero-order chi connectivity index (χ0) is 18.4. The number of nitrogens with one attached hydrogen (secondary N) is 2. The first-order valence-corrected chi connectivity index (χ1v) is 8.04. The first-order valence-electron chi connectivity index (χ1n) is 8.04. The average molecular weight is 354 g/mol. The molecule has 8 heteroatoms. The van der Waals surface area contributed by atoms with Crippen molar-refractivity contribution in [2.75, 3.05) is 0 Å². The maximum Gasteiger partial charge on any atom is 0.303 e. The molecule has 0 aromatic heterocycles. The van der Waals surface area contributed by atoms with Gasteiger partial charge in [-0.1, -0.05) is 12.1 Å². The van der Waals surface area contributed by atoms with Gasteiger partial charge in [-0.05, 0) is 25.3 Å². The van der Waals surface area contributed by atoms with Gasteiger partial charge in [-0.3, -0.25) is 14.4 Å². The zero-order valence-electron chi connectivity index (χ0n) is 13.6. The summed E-state index contributed by atoms with van der Waals surface area (Å²) in [7, 11) is 0. The van der Waals surface area contributed by atoms with E-state index in [1.807, 2.05) is 0 Å². The molecule has 1 atom stereocenters. The van der Waals surface area contributed by atoms with E-state index in [-0.39, 0.29) is 43.2 Å². The molecule has 0 saturated carbocycles. The number of carboxylic acid groups (broad SMARTS) is 1. The fourth-order valence-corrected chi connectivity index (χ4v) is 2.94. The molecule has 3 N–H and O–H groups in total. The third-order valence-electron chi connectivity index (χ3n) is 4.39. The van der Waals surface area contributed by atoms with Gasteiger partial charge >= 0.3 is 5.97 Å². The van der Waals surface area contributed by atoms with Crippen LogP contribution in [-0.2, 0) is 20.9 Å². The molecule has 25 heavy (non-hydrogen) atoms. The van der Waals surface area contributed by atoms with Crippen LogP contribution >= 0.6 is 0 Å². The Labute approximate surface area is 143 Å². The molecule has 2 rings (SSSR count). The number of rotatable bonds is 8. The van der Waals surface area contributed by atoms with Gasteiger partial charge in [0, 0.05) is 36.9 Å². The van der Waals surface area contributed by atoms with E-state index in [2.05, 4.69) is 10.6 Å². The van der Waals surface area contributed by atoms with Crippen molar-refractivity contribution in [2.24, 2.45) is 0 Å². The Morgan fingerprint density at radius 1 is 1.24 bits per heavy atom. The minimum Gasteiger partial charge on any atom is -0.481 e. The summed E-state index contributed by atoms with van der Waals surface area (Å²) < 4.78 is 26.7. The smallest absolute Gasteiger partial charge is 0.303 e. The number of halogens is 2. The van der Waals surface area contributed by atoms with Crippen LogP contribution in [0.1, 0.15) is 44.1 Å². The van der Waals surface area contributed by atoms with Crippen LogP contribution in [0.2, 0.25) is 0 Å². The van der Waals surface area contributed by atoms with Crippen molar-refractivity contribution in [2.45, 2.75) is 50.6 Å². The summed E-state index contributed by atoms with van der Waals surface area (Å²) in [5.41, 5.74) is -0.653. The maximum absolute atomic E-state index is 13.5. The number of hydrogen-bond donors (Lipinski definition) is 3. The predicted molar refractivity (Wildman–Crippen MR) is 84.4 cm³/mol. The number of amides is 2. The molecular formula is C17H20F2N2O4. The van der Waals surface area contributed by atoms with E-state index in [0.717, 1.165) is 6.07 Å². The van der Waals surface area contributed by atoms with Gasteiger partial charge in [-0.25, -0.2) is 8.78 Å². The number of aliphatic carboxylic acids is 1. The van der Waals surface area contributed by atoms with E-state index in [1.165, 1.54) is 12.1 Å². The van der Waals surface area contributed by atoms with Crippen molar-refractivity contribution < 1.29 is 28.3 Å². The monoisotopic (exact) mass is 354 g/mol. The molecule has 1 heterocycles. The van der Waals surface area contributed by atoms with Gasteiger partial charge in [0.1, 0.15) is 0 Å². The lowest BCUT2D eigenvalue weighted by molar-refractivity contribution is -0.137. The van der Waals surface area contributed by atoms with Gasteiger partial charge in [0.25, 0.3) is 0 Å². The minimum absolute atomic E-state index is 0.0445. The summed E-state index contributed by atoms with van der Waals surface area (Å²) in [6.07, 6.45) is 1.28. The van der Waals surface area contributed by atoms with Crippen molar-refractivity contribution in [3.63, 3.8) is 0 Å². The van der Waals surface area contributed by atoms with Crippen LogP contribution in [0.3, 0.4) is 0 Å². The largest absolute Gasteiger partial charge is 0.481 e. The fourth-order valence-electron chi connectivity index (χ4n) is 2.94. The van der Waals surface area contributed by atoms with Crippen LogP contribution in [0.15, 0.2) is 18.2 Å². The van der Waals surface area contributed by atoms with E-state index in [9.17, 15) is 23.2 Å². The van der Waals surface area contributed by atoms with Gasteiger partial charge in [0.2, 0.25) is 11.8 Å². The Morgan fingerprint density at radius 2 is 1.96 bits per heavy atom. The van der Waals surface area contributed by atoms with Gasteiger partial charge in [0.15, 0.2) is 11.6 Å². The lowest BCUT2D eigenvalue weighted by Crippen LogP contribution is -2.43. The highest BCUT2D eigenvalue weighted by Gasteiger charge is 2.37. The zero-order valence-corrected chi connectivity index (χ0v) is 13.6. The van der Waals surface area contributed by atoms with Gasteiger partial charge in [-0.15, -0.1) is 0 Å². The molecule has 0 spiro atoms. The van der Waals surface area contributed by atoms with E-state index in [1.54, 1.807) is 0 Å². The van der Waals surface area contributed by atoms with Crippen LogP contribution in [0, 0.1) is 11.6 Å². The van der Waals surface area contributed by atoms with E-state index in [4.69, 9.17) is 5.11 Å². The summed E-state index contributed by atoms with van der Waals surface area (Å²) in [4.78, 5) is 34.2. The second-order valence-corrected chi connectivity index (χ2v) is 6.21. The van der Waals surface area contributed by atoms with Crippen molar-refractivity contribution in [1.82, 2.24) is 10.6 Å². The first-order chi connectivity index (χ1) is 11.8. The second-order valence-electron chi connectivity index (χ2n) is 6.21. The summed E-state index contributed by atoms with van der Waals surface area (Å²) in [6.45, 7) is -0.142. The molecule has 1 aliphatic heterocycles. The average Bonchev–Trinajstić information content (AvgIpc) is 2.94. The molecule has 0 bridgehead atoms. The third kappa shape index (κ3) is 5.23. The molecule has 0 aliphatic carbocycles. The van der Waals surface area contributed by atoms with Gasteiger partial charge in [-0.2, -0.15) is 0 Å². The highest BCUT2D eigenvalue weighted by Crippen LogP contribution is 2.30. The Kier molecular flexibility index (Phi) is 6.06. The molecule has 1 aliphatic rings. The van der Waals surface area contributed by atoms with Gasteiger partial charge < -0.3 is 15.7 Å². The third-order valence-corrected chi connectivity index (χ3v) is 4.39. The topological polar surface area (TPSA) is 95.5 Å². The number of carbonyl (C=O) groups is 3. The van der Waals surface area contributed by atoms with E-state index < -0.39 is 23.1 Å². The van der Waals surface area contributed by atoms with Crippen LogP contribution in [-0.4, -0.2) is 28.4 Å². The van der Waals surface area contributed by atoms with Crippen LogP contribution < -0.4 is 10.6 Å². The summed E-state index contributed by atoms with van der Waals surface area (Å²) >= 11 is 0. The predicted octanol–water partition coefficient (Wildman–Crippen LogP) is 1.87. The molecule has 2 amide bonds. The van der Waals surface area contributed by atoms with Crippen molar-refractivity contribution in [3.05, 3.63) is 35.4 Å². The lowest BCUT2D eigenvalue weighted by atomic mass is 9.86. The van der Waals surface area contributed by atoms with Crippen molar-refractivity contribution >= 4 is 17.8 Å². The Hall–Kier alpha value is -2.51. The standard InChI is InChI=1S/C17H20F2N2O4/c18-12-3-1-2-11(16(12)19)10-20-13(22)4-7-17(9-6-15(24)25)8-5-14(23)21-17/h1-3H,4-10H2,(H,20,22)(H,21,23)(H,24,25)/t17-/m1/s1. The molecule has 1 saturated heterocycles. The Morgan fingerprint density at radius 3 is 2.60 bits per heavy atom.